The van der Waals surface area contributed by atoms with Crippen molar-refractivity contribution in [3.05, 3.63) is 51.8 Å². The highest BCUT2D eigenvalue weighted by Crippen LogP contribution is 2.42. The Balaban J connectivity index is 2.09. The van der Waals surface area contributed by atoms with Crippen molar-refractivity contribution in [2.24, 2.45) is 7.05 Å². The van der Waals surface area contributed by atoms with Gasteiger partial charge < -0.3 is 24.6 Å². The maximum absolute atomic E-state index is 11.6. The van der Waals surface area contributed by atoms with Gasteiger partial charge in [0.25, 0.3) is 5.56 Å². The lowest BCUT2D eigenvalue weighted by Gasteiger charge is -2.45. The minimum atomic E-state index is -1.16. The van der Waals surface area contributed by atoms with E-state index in [0.29, 0.717) is 22.7 Å². The minimum absolute atomic E-state index is 0.0837. The highest BCUT2D eigenvalue weighted by molar-refractivity contribution is 5.50. The van der Waals surface area contributed by atoms with Crippen molar-refractivity contribution < 1.29 is 19.3 Å². The van der Waals surface area contributed by atoms with E-state index in [1.807, 2.05) is 0 Å². The molecule has 2 atom stereocenters. The monoisotopic (exact) mass is 386 g/mol. The van der Waals surface area contributed by atoms with Crippen molar-refractivity contribution in [1.29, 1.82) is 5.26 Å². The maximum atomic E-state index is 11.6. The first-order valence-electron chi connectivity index (χ1n) is 8.64. The van der Waals surface area contributed by atoms with E-state index in [1.54, 1.807) is 18.2 Å². The lowest BCUT2D eigenvalue weighted by atomic mass is 9.84. The van der Waals surface area contributed by atoms with Crippen LogP contribution in [-0.4, -0.2) is 54.0 Å². The van der Waals surface area contributed by atoms with Crippen LogP contribution in [0, 0.1) is 11.3 Å². The van der Waals surface area contributed by atoms with Crippen LogP contribution in [0.25, 0.3) is 0 Å². The van der Waals surface area contributed by atoms with Crippen LogP contribution < -0.4 is 15.6 Å². The smallest absolute Gasteiger partial charge is 0.266 e. The van der Waals surface area contributed by atoms with Gasteiger partial charge in [-0.1, -0.05) is 0 Å². The summed E-state index contributed by atoms with van der Waals surface area (Å²) in [6, 6.07) is 9.31. The molecule has 1 aliphatic rings. The summed E-state index contributed by atoms with van der Waals surface area (Å²) in [5, 5.41) is 27.8. The average Bonchev–Trinajstić information content (AvgIpc) is 2.68. The summed E-state index contributed by atoms with van der Waals surface area (Å²) in [7, 11) is 4.56. The first-order valence-corrected chi connectivity index (χ1v) is 8.64. The second-order valence-electron chi connectivity index (χ2n) is 6.64. The molecular weight excluding hydrogens is 364 g/mol. The molecule has 9 heteroatoms. The predicted octanol–water partition coefficient (Wildman–Crippen LogP) is 0.590. The first-order chi connectivity index (χ1) is 13.4. The Morgan fingerprint density at radius 2 is 2.04 bits per heavy atom. The average molecular weight is 386 g/mol. The molecule has 0 radical (unpaired) electrons. The van der Waals surface area contributed by atoms with Gasteiger partial charge >= 0.3 is 0 Å². The van der Waals surface area contributed by atoms with E-state index >= 15 is 0 Å². The highest BCUT2D eigenvalue weighted by Gasteiger charge is 2.50. The Bertz CT molecular complexity index is 946. The number of nitrogens with one attached hydrogen (secondary N) is 1. The van der Waals surface area contributed by atoms with Crippen LogP contribution >= 0.6 is 0 Å². The second kappa shape index (κ2) is 7.98. The number of fused-ring (bicyclic) bond motifs is 1. The predicted molar refractivity (Wildman–Crippen MR) is 100 cm³/mol. The van der Waals surface area contributed by atoms with E-state index in [4.69, 9.17) is 14.2 Å². The molecule has 1 aromatic heterocycles. The topological polar surface area (TPSA) is 119 Å². The number of ether oxygens (including phenoxy) is 3. The summed E-state index contributed by atoms with van der Waals surface area (Å²) < 4.78 is 17.9. The lowest BCUT2D eigenvalue weighted by molar-refractivity contribution is -0.142. The molecule has 2 heterocycles. The molecule has 0 saturated carbocycles. The molecular formula is C19H22N4O5. The Hall–Kier alpha value is -2.93. The summed E-state index contributed by atoms with van der Waals surface area (Å²) in [5.41, 5.74) is -0.382. The van der Waals surface area contributed by atoms with Gasteiger partial charge in [0.05, 0.1) is 30.9 Å². The van der Waals surface area contributed by atoms with Crippen LogP contribution in [-0.2, 0) is 16.5 Å². The molecule has 0 amide bonds. The minimum Gasteiger partial charge on any atom is -0.479 e. The number of aryl methyl sites for hydroxylation is 1. The van der Waals surface area contributed by atoms with E-state index in [9.17, 15) is 15.2 Å². The number of aliphatic hydroxyl groups excluding tert-OH is 1. The van der Waals surface area contributed by atoms with Gasteiger partial charge in [0.15, 0.2) is 5.60 Å². The standard InChI is InChI=1S/C19H22N4O5/c1-23-16(24)7-6-15(22-23)21-17-13-8-12(9-20)4-5-14(13)28-19(10-26-2,11-27-3)18(17)25/h4-8,17-18,25H,10-11H2,1-3H3,(H,21,22)/t17?,18-/m0/s1. The van der Waals surface area contributed by atoms with Crippen LogP contribution in [0.15, 0.2) is 35.1 Å². The molecule has 9 nitrogen and oxygen atoms in total. The summed E-state index contributed by atoms with van der Waals surface area (Å²) in [6.07, 6.45) is -1.09. The van der Waals surface area contributed by atoms with Crippen LogP contribution in [0.1, 0.15) is 17.2 Å². The number of hydrogen-bond donors (Lipinski definition) is 2. The van der Waals surface area contributed by atoms with Gasteiger partial charge in [-0.3, -0.25) is 4.79 Å². The number of anilines is 1. The number of aliphatic hydroxyl groups is 1. The lowest BCUT2D eigenvalue weighted by Crippen LogP contribution is -2.60. The number of hydrogen-bond acceptors (Lipinski definition) is 8. The van der Waals surface area contributed by atoms with Crippen LogP contribution in [0.5, 0.6) is 5.75 Å². The molecule has 28 heavy (non-hydrogen) atoms. The fraction of sp³-hybridized carbons (Fsp3) is 0.421. The van der Waals surface area contributed by atoms with Crippen molar-refractivity contribution >= 4 is 5.82 Å². The van der Waals surface area contributed by atoms with Gasteiger partial charge in [-0.15, -0.1) is 0 Å². The van der Waals surface area contributed by atoms with Crippen molar-refractivity contribution in [2.75, 3.05) is 32.8 Å². The zero-order valence-corrected chi connectivity index (χ0v) is 15.9. The third-order valence-electron chi connectivity index (χ3n) is 4.68. The van der Waals surface area contributed by atoms with Gasteiger partial charge in [0.1, 0.15) is 17.7 Å². The maximum Gasteiger partial charge on any atom is 0.266 e. The number of nitriles is 1. The summed E-state index contributed by atoms with van der Waals surface area (Å²) in [6.45, 7) is 0.167. The fourth-order valence-electron chi connectivity index (χ4n) is 3.36. The molecule has 2 aromatic rings. The van der Waals surface area contributed by atoms with Crippen LogP contribution in [0.3, 0.4) is 0 Å². The molecule has 1 aromatic carbocycles. The summed E-state index contributed by atoms with van der Waals surface area (Å²) in [4.78, 5) is 11.6. The van der Waals surface area contributed by atoms with Gasteiger partial charge in [-0.2, -0.15) is 10.4 Å². The Labute approximate surface area is 162 Å². The normalized spacial score (nSPS) is 20.0. The van der Waals surface area contributed by atoms with Crippen LogP contribution in [0.2, 0.25) is 0 Å². The van der Waals surface area contributed by atoms with Crippen molar-refractivity contribution in [2.45, 2.75) is 17.7 Å². The third kappa shape index (κ3) is 3.57. The Morgan fingerprint density at radius 1 is 1.32 bits per heavy atom. The number of benzene rings is 1. The first kappa shape index (κ1) is 19.8. The molecule has 0 fully saturated rings. The molecule has 1 aliphatic heterocycles. The molecule has 148 valence electrons. The fourth-order valence-corrected chi connectivity index (χ4v) is 3.36. The largest absolute Gasteiger partial charge is 0.479 e. The number of aromatic nitrogens is 2. The Kier molecular flexibility index (Phi) is 5.65. The van der Waals surface area contributed by atoms with Crippen molar-refractivity contribution in [3.8, 4) is 11.8 Å². The van der Waals surface area contributed by atoms with Gasteiger partial charge in [-0.25, -0.2) is 4.68 Å². The van der Waals surface area contributed by atoms with Crippen molar-refractivity contribution in [3.63, 3.8) is 0 Å². The van der Waals surface area contributed by atoms with E-state index in [-0.39, 0.29) is 18.8 Å². The Morgan fingerprint density at radius 3 is 2.64 bits per heavy atom. The van der Waals surface area contributed by atoms with Crippen molar-refractivity contribution in [1.82, 2.24) is 9.78 Å². The van der Waals surface area contributed by atoms with Crippen LogP contribution in [0.4, 0.5) is 5.82 Å². The number of rotatable bonds is 6. The summed E-state index contributed by atoms with van der Waals surface area (Å²) in [5.74, 6) is 0.894. The molecule has 0 bridgehead atoms. The number of methoxy groups -OCH3 is 2. The zero-order valence-electron chi connectivity index (χ0n) is 15.9. The van der Waals surface area contributed by atoms with E-state index in [0.717, 1.165) is 0 Å². The van der Waals surface area contributed by atoms with Gasteiger partial charge in [0, 0.05) is 32.9 Å². The van der Waals surface area contributed by atoms with E-state index in [2.05, 4.69) is 16.5 Å². The molecule has 1 unspecified atom stereocenters. The molecule has 3 rings (SSSR count). The second-order valence-corrected chi connectivity index (χ2v) is 6.64. The molecule has 0 aliphatic carbocycles. The highest BCUT2D eigenvalue weighted by atomic mass is 16.6. The van der Waals surface area contributed by atoms with E-state index in [1.165, 1.54) is 38.1 Å². The molecule has 0 spiro atoms. The van der Waals surface area contributed by atoms with Gasteiger partial charge in [0.2, 0.25) is 0 Å². The third-order valence-corrected chi connectivity index (χ3v) is 4.68. The van der Waals surface area contributed by atoms with E-state index < -0.39 is 17.7 Å². The quantitative estimate of drug-likeness (QED) is 0.740. The molecule has 0 saturated heterocycles. The SMILES string of the molecule is COCC1(COC)Oc2ccc(C#N)cc2C(Nc2ccc(=O)n(C)n2)[C@@H]1O. The van der Waals surface area contributed by atoms with Gasteiger partial charge in [-0.05, 0) is 24.3 Å². The zero-order chi connectivity index (χ0) is 20.3. The number of nitrogens with zero attached hydrogens (tertiary/aromatic N) is 3. The molecule has 2 N–H and O–H groups in total. The summed E-state index contributed by atoms with van der Waals surface area (Å²) >= 11 is 0.